The highest BCUT2D eigenvalue weighted by molar-refractivity contribution is 6.13. The lowest BCUT2D eigenvalue weighted by Crippen LogP contribution is -2.14. The van der Waals surface area contributed by atoms with Crippen molar-refractivity contribution in [3.8, 4) is 11.5 Å². The number of aryl methyl sites for hydroxylation is 1. The van der Waals surface area contributed by atoms with Crippen molar-refractivity contribution in [1.29, 1.82) is 0 Å². The van der Waals surface area contributed by atoms with Crippen molar-refractivity contribution < 1.29 is 28.5 Å². The number of ether oxygens (including phenoxy) is 4. The Hall–Kier alpha value is -3.28. The van der Waals surface area contributed by atoms with Crippen molar-refractivity contribution in [2.24, 2.45) is 0 Å². The number of hydrogen-bond donors (Lipinski definition) is 0. The quantitative estimate of drug-likeness (QED) is 0.169. The zero-order chi connectivity index (χ0) is 22.2. The number of benzene rings is 3. The molecule has 0 atom stereocenters. The molecule has 3 aromatic carbocycles. The van der Waals surface area contributed by atoms with Crippen molar-refractivity contribution in [3.63, 3.8) is 0 Å². The number of rotatable bonds is 8. The molecule has 0 spiro atoms. The van der Waals surface area contributed by atoms with Crippen LogP contribution >= 0.6 is 0 Å². The second-order valence-electron chi connectivity index (χ2n) is 7.31. The van der Waals surface area contributed by atoms with Gasteiger partial charge in [-0.15, -0.1) is 0 Å². The van der Waals surface area contributed by atoms with E-state index >= 15 is 0 Å². The highest BCUT2D eigenvalue weighted by Crippen LogP contribution is 2.44. The minimum Gasteiger partial charge on any atom is -0.434 e. The third kappa shape index (κ3) is 5.26. The number of carbonyl (C=O) groups is 2. The van der Waals surface area contributed by atoms with Gasteiger partial charge >= 0.3 is 12.3 Å². The molecule has 0 radical (unpaired) electrons. The minimum atomic E-state index is -0.756. The molecule has 0 aliphatic carbocycles. The van der Waals surface area contributed by atoms with Crippen molar-refractivity contribution >= 4 is 33.9 Å². The van der Waals surface area contributed by atoms with E-state index in [1.54, 1.807) is 0 Å². The zero-order valence-electron chi connectivity index (χ0n) is 18.2. The lowest BCUT2D eigenvalue weighted by Gasteiger charge is -2.17. The third-order valence-electron chi connectivity index (χ3n) is 4.97. The van der Waals surface area contributed by atoms with E-state index in [-0.39, 0.29) is 0 Å². The number of fused-ring (bicyclic) bond motifs is 2. The summed E-state index contributed by atoms with van der Waals surface area (Å²) in [5.41, 5.74) is 0.879. The standard InChI is InChI=1S/C25H28O6/c1-4-6-15-28-24(26)30-22-18-12-8-9-13-19(18)23(31-25(27)29-16-7-5-2)21-17(3)11-10-14-20(21)22/h8-14H,4-7,15-16H2,1-3H3. The van der Waals surface area contributed by atoms with Crippen LogP contribution in [0.3, 0.4) is 0 Å². The van der Waals surface area contributed by atoms with Gasteiger partial charge in [0.25, 0.3) is 0 Å². The summed E-state index contributed by atoms with van der Waals surface area (Å²) in [6, 6.07) is 12.9. The summed E-state index contributed by atoms with van der Waals surface area (Å²) in [6.07, 6.45) is 1.85. The summed E-state index contributed by atoms with van der Waals surface area (Å²) < 4.78 is 21.7. The van der Waals surface area contributed by atoms with Gasteiger partial charge in [0.15, 0.2) is 5.75 Å². The van der Waals surface area contributed by atoms with E-state index in [4.69, 9.17) is 18.9 Å². The molecular formula is C25H28O6. The van der Waals surface area contributed by atoms with Crippen molar-refractivity contribution in [1.82, 2.24) is 0 Å². The van der Waals surface area contributed by atoms with Crippen molar-refractivity contribution in [3.05, 3.63) is 48.0 Å². The molecule has 6 nitrogen and oxygen atoms in total. The number of carbonyl (C=O) groups excluding carboxylic acids is 2. The normalized spacial score (nSPS) is 10.8. The van der Waals surface area contributed by atoms with Gasteiger partial charge in [-0.05, 0) is 25.3 Å². The second-order valence-corrected chi connectivity index (χ2v) is 7.31. The van der Waals surface area contributed by atoms with Crippen molar-refractivity contribution in [2.75, 3.05) is 13.2 Å². The van der Waals surface area contributed by atoms with Gasteiger partial charge in [0, 0.05) is 21.5 Å². The van der Waals surface area contributed by atoms with Crippen LogP contribution in [0.15, 0.2) is 42.5 Å². The van der Waals surface area contributed by atoms with Crippen LogP contribution in [0.5, 0.6) is 11.5 Å². The van der Waals surface area contributed by atoms with E-state index in [0.29, 0.717) is 46.3 Å². The molecule has 31 heavy (non-hydrogen) atoms. The summed E-state index contributed by atoms with van der Waals surface area (Å²) in [5.74, 6) is 0.763. The predicted molar refractivity (Wildman–Crippen MR) is 120 cm³/mol. The maximum atomic E-state index is 12.3. The zero-order valence-corrected chi connectivity index (χ0v) is 18.2. The Morgan fingerprint density at radius 1 is 0.710 bits per heavy atom. The smallest absolute Gasteiger partial charge is 0.434 e. The Morgan fingerprint density at radius 3 is 1.81 bits per heavy atom. The molecule has 0 N–H and O–H groups in total. The first kappa shape index (κ1) is 22.4. The van der Waals surface area contributed by atoms with Crippen LogP contribution in [0.4, 0.5) is 9.59 Å². The molecule has 0 fully saturated rings. The minimum absolute atomic E-state index is 0.301. The van der Waals surface area contributed by atoms with Crippen LogP contribution in [0, 0.1) is 6.92 Å². The van der Waals surface area contributed by atoms with Crippen molar-refractivity contribution in [2.45, 2.75) is 46.5 Å². The van der Waals surface area contributed by atoms with E-state index in [1.807, 2.05) is 63.2 Å². The van der Waals surface area contributed by atoms with Gasteiger partial charge in [0.1, 0.15) is 5.75 Å². The third-order valence-corrected chi connectivity index (χ3v) is 4.97. The average molecular weight is 424 g/mol. The first-order chi connectivity index (χ1) is 15.1. The SMILES string of the molecule is CCCCOC(=O)Oc1c2ccccc2c(OC(=O)OCCCC)c2c(C)cccc12. The molecule has 0 bridgehead atoms. The summed E-state index contributed by atoms with van der Waals surface area (Å²) >= 11 is 0. The first-order valence-electron chi connectivity index (χ1n) is 10.7. The van der Waals surface area contributed by atoms with Crippen LogP contribution in [-0.2, 0) is 9.47 Å². The molecule has 164 valence electrons. The summed E-state index contributed by atoms with van der Waals surface area (Å²) in [6.45, 7) is 6.55. The van der Waals surface area contributed by atoms with Gasteiger partial charge in [0.05, 0.1) is 13.2 Å². The Morgan fingerprint density at radius 2 is 1.23 bits per heavy atom. The topological polar surface area (TPSA) is 71.1 Å². The van der Waals surface area contributed by atoms with Crippen LogP contribution in [-0.4, -0.2) is 25.5 Å². The lowest BCUT2D eigenvalue weighted by atomic mass is 9.97. The molecular weight excluding hydrogens is 396 g/mol. The molecule has 0 saturated carbocycles. The second kappa shape index (κ2) is 10.7. The van der Waals surface area contributed by atoms with Crippen LogP contribution in [0.25, 0.3) is 21.5 Å². The van der Waals surface area contributed by atoms with E-state index in [1.165, 1.54) is 0 Å². The maximum Gasteiger partial charge on any atom is 0.513 e. The Labute approximate surface area is 182 Å². The molecule has 0 aliphatic heterocycles. The van der Waals surface area contributed by atoms with E-state index in [2.05, 4.69) is 0 Å². The highest BCUT2D eigenvalue weighted by Gasteiger charge is 2.22. The van der Waals surface area contributed by atoms with Gasteiger partial charge in [-0.3, -0.25) is 0 Å². The monoisotopic (exact) mass is 424 g/mol. The highest BCUT2D eigenvalue weighted by atomic mass is 16.7. The molecule has 0 amide bonds. The van der Waals surface area contributed by atoms with E-state index < -0.39 is 12.3 Å². The molecule has 3 aromatic rings. The number of unbranched alkanes of at least 4 members (excludes halogenated alkanes) is 2. The fourth-order valence-electron chi connectivity index (χ4n) is 3.36. The lowest BCUT2D eigenvalue weighted by molar-refractivity contribution is 0.0970. The molecule has 0 aliphatic rings. The van der Waals surface area contributed by atoms with Gasteiger partial charge in [-0.2, -0.15) is 0 Å². The summed E-state index contributed by atoms with van der Waals surface area (Å²) in [7, 11) is 0. The molecule has 6 heteroatoms. The molecule has 0 aromatic heterocycles. The van der Waals surface area contributed by atoms with Crippen LogP contribution in [0.2, 0.25) is 0 Å². The molecule has 0 saturated heterocycles. The Balaban J connectivity index is 2.08. The van der Waals surface area contributed by atoms with E-state index in [9.17, 15) is 9.59 Å². The van der Waals surface area contributed by atoms with Crippen LogP contribution in [0.1, 0.15) is 45.1 Å². The fraction of sp³-hybridized carbons (Fsp3) is 0.360. The van der Waals surface area contributed by atoms with Gasteiger partial charge in [-0.1, -0.05) is 69.2 Å². The van der Waals surface area contributed by atoms with Gasteiger partial charge in [-0.25, -0.2) is 9.59 Å². The number of hydrogen-bond acceptors (Lipinski definition) is 6. The predicted octanol–water partition coefficient (Wildman–Crippen LogP) is 6.93. The molecule has 0 unspecified atom stereocenters. The van der Waals surface area contributed by atoms with Crippen LogP contribution < -0.4 is 9.47 Å². The Bertz CT molecular complexity index is 1070. The van der Waals surface area contributed by atoms with Gasteiger partial charge in [0.2, 0.25) is 0 Å². The van der Waals surface area contributed by atoms with E-state index in [0.717, 1.165) is 31.2 Å². The Kier molecular flexibility index (Phi) is 7.70. The maximum absolute atomic E-state index is 12.3. The first-order valence-corrected chi connectivity index (χ1v) is 10.7. The molecule has 3 rings (SSSR count). The average Bonchev–Trinajstić information content (AvgIpc) is 2.76. The fourth-order valence-corrected chi connectivity index (χ4v) is 3.36. The summed E-state index contributed by atoms with van der Waals surface area (Å²) in [5, 5.41) is 2.63. The molecule has 0 heterocycles. The largest absolute Gasteiger partial charge is 0.513 e. The summed E-state index contributed by atoms with van der Waals surface area (Å²) in [4.78, 5) is 24.7. The van der Waals surface area contributed by atoms with Gasteiger partial charge < -0.3 is 18.9 Å².